The van der Waals surface area contributed by atoms with Gasteiger partial charge in [0.1, 0.15) is 0 Å². The van der Waals surface area contributed by atoms with E-state index < -0.39 is 14.8 Å². The van der Waals surface area contributed by atoms with Crippen LogP contribution in [0.5, 0.6) is 0 Å². The molecule has 0 aromatic rings. The molecule has 0 fully saturated rings. The largest absolute Gasteiger partial charge is 0.398 e. The fourth-order valence-electron chi connectivity index (χ4n) is 0. The summed E-state index contributed by atoms with van der Waals surface area (Å²) in [5.41, 5.74) is 0. The molecule has 0 amide bonds. The second kappa shape index (κ2) is 5.26. The van der Waals surface area contributed by atoms with E-state index >= 15 is 0 Å². The fourth-order valence-corrected chi connectivity index (χ4v) is 0. The highest BCUT2D eigenvalue weighted by atomic mass is 35.6. The van der Waals surface area contributed by atoms with E-state index in [2.05, 4.69) is 58.0 Å². The molecular formula is C3Cl5F5. The minimum absolute atomic E-state index is 2.58. The predicted molar refractivity (Wildman–Crippen MR) is 43.0 cm³/mol. The van der Waals surface area contributed by atoms with Gasteiger partial charge in [0.05, 0.1) is 0 Å². The Labute approximate surface area is 94.8 Å². The summed E-state index contributed by atoms with van der Waals surface area (Å²) in [7, 11) is 0. The second-order valence-electron chi connectivity index (χ2n) is 1.42. The first kappa shape index (κ1) is 16.5. The van der Waals surface area contributed by atoms with Crippen molar-refractivity contribution in [2.45, 2.75) is 14.8 Å². The van der Waals surface area contributed by atoms with Gasteiger partial charge in [0.2, 0.25) is 0 Å². The van der Waals surface area contributed by atoms with Crippen molar-refractivity contribution < 1.29 is 22.0 Å². The van der Waals surface area contributed by atoms with Gasteiger partial charge in [-0.15, -0.1) is 0 Å². The fraction of sp³-hybridized carbons (Fsp3) is 1.00. The third-order valence-electron chi connectivity index (χ3n) is 0.321. The van der Waals surface area contributed by atoms with Gasteiger partial charge in [-0.1, -0.05) is 0 Å². The van der Waals surface area contributed by atoms with Gasteiger partial charge < -0.3 is 0 Å². The average molecular weight is 308 g/mol. The molecule has 0 bridgehead atoms. The van der Waals surface area contributed by atoms with Crippen molar-refractivity contribution in [1.29, 1.82) is 0 Å². The average Bonchev–Trinajstić information content (AvgIpc) is 1.50. The first-order valence-electron chi connectivity index (χ1n) is 2.14. The van der Waals surface area contributed by atoms with Crippen LogP contribution < -0.4 is 0 Å². The van der Waals surface area contributed by atoms with Gasteiger partial charge in [0.15, 0.2) is 0 Å². The van der Waals surface area contributed by atoms with Crippen LogP contribution in [0.25, 0.3) is 0 Å². The zero-order chi connectivity index (χ0) is 11.5. The van der Waals surface area contributed by atoms with E-state index in [1.54, 1.807) is 0 Å². The van der Waals surface area contributed by atoms with Crippen LogP contribution in [0.15, 0.2) is 0 Å². The van der Waals surface area contributed by atoms with Gasteiger partial charge >= 0.3 is 14.8 Å². The normalized spacial score (nSPS) is 13.4. The van der Waals surface area contributed by atoms with E-state index in [4.69, 9.17) is 0 Å². The van der Waals surface area contributed by atoms with E-state index in [1.165, 1.54) is 0 Å². The highest BCUT2D eigenvalue weighted by Crippen LogP contribution is 2.40. The third kappa shape index (κ3) is 15.8. The maximum absolute atomic E-state index is 11.1. The molecule has 0 atom stereocenters. The van der Waals surface area contributed by atoms with Crippen molar-refractivity contribution in [3.8, 4) is 0 Å². The van der Waals surface area contributed by atoms with Crippen LogP contribution in [0, 0.1) is 0 Å². The highest BCUT2D eigenvalue weighted by Gasteiger charge is 2.53. The molecule has 0 aromatic carbocycles. The number of hydrogen-bond acceptors (Lipinski definition) is 0. The molecule has 0 aromatic heterocycles. The van der Waals surface area contributed by atoms with Crippen LogP contribution in [0.2, 0.25) is 0 Å². The molecule has 0 unspecified atom stereocenters. The predicted octanol–water partition coefficient (Wildman–Crippen LogP) is 4.93. The zero-order valence-electron chi connectivity index (χ0n) is 5.28. The summed E-state index contributed by atoms with van der Waals surface area (Å²) in [6, 6.07) is 0. The molecule has 0 saturated heterocycles. The first-order chi connectivity index (χ1) is 5.25. The Morgan fingerprint density at radius 3 is 0.615 bits per heavy atom. The lowest BCUT2D eigenvalue weighted by molar-refractivity contribution is -0.0960. The number of halogens is 10. The molecule has 0 nitrogen and oxygen atoms in total. The Balaban J connectivity index is 0. The summed E-state index contributed by atoms with van der Waals surface area (Å²) in [5, 5.41) is -9.32. The summed E-state index contributed by atoms with van der Waals surface area (Å²) >= 11 is 20.8. The molecule has 0 aliphatic heterocycles. The lowest BCUT2D eigenvalue weighted by Crippen LogP contribution is -2.28. The molecule has 0 aliphatic rings. The number of hydrogen-bond donors (Lipinski definition) is 0. The van der Waals surface area contributed by atoms with E-state index in [0.717, 1.165) is 0 Å². The van der Waals surface area contributed by atoms with E-state index in [1.807, 2.05) is 0 Å². The van der Waals surface area contributed by atoms with Crippen molar-refractivity contribution in [2.75, 3.05) is 0 Å². The lowest BCUT2D eigenvalue weighted by Gasteiger charge is -2.11. The lowest BCUT2D eigenvalue weighted by atomic mass is 10.7. The van der Waals surface area contributed by atoms with Crippen LogP contribution >= 0.6 is 58.0 Å². The quantitative estimate of drug-likeness (QED) is 0.476. The molecule has 10 heteroatoms. The molecule has 82 valence electrons. The number of alkyl halides is 10. The van der Waals surface area contributed by atoms with Crippen LogP contribution in [0.3, 0.4) is 0 Å². The Morgan fingerprint density at radius 1 is 0.538 bits per heavy atom. The van der Waals surface area contributed by atoms with Crippen molar-refractivity contribution in [1.82, 2.24) is 0 Å². The SMILES string of the molecule is FC(Cl)(Cl)Cl.FC(F)(Cl)C(F)(F)Cl. The number of rotatable bonds is 1. The van der Waals surface area contributed by atoms with E-state index in [9.17, 15) is 22.0 Å². The second-order valence-corrected chi connectivity index (χ2v) is 4.52. The molecule has 0 aliphatic carbocycles. The third-order valence-corrected chi connectivity index (χ3v) is 0.893. The molecule has 0 spiro atoms. The minimum Gasteiger partial charge on any atom is -0.189 e. The van der Waals surface area contributed by atoms with E-state index in [0.29, 0.717) is 0 Å². The van der Waals surface area contributed by atoms with E-state index in [-0.39, 0.29) is 0 Å². The summed E-state index contributed by atoms with van der Waals surface area (Å²) in [4.78, 5) is 0. The zero-order valence-corrected chi connectivity index (χ0v) is 9.06. The molecule has 0 heterocycles. The maximum Gasteiger partial charge on any atom is 0.398 e. The Kier molecular flexibility index (Phi) is 6.68. The van der Waals surface area contributed by atoms with Gasteiger partial charge in [-0.2, -0.15) is 22.0 Å². The van der Waals surface area contributed by atoms with Crippen molar-refractivity contribution >= 4 is 58.0 Å². The monoisotopic (exact) mass is 306 g/mol. The Hall–Kier alpha value is 1.10. The molecule has 13 heavy (non-hydrogen) atoms. The first-order valence-corrected chi connectivity index (χ1v) is 4.03. The van der Waals surface area contributed by atoms with Gasteiger partial charge in [-0.3, -0.25) is 0 Å². The maximum atomic E-state index is 11.1. The highest BCUT2D eigenvalue weighted by molar-refractivity contribution is 6.66. The summed E-state index contributed by atoms with van der Waals surface area (Å²) in [5.74, 6) is 0. The van der Waals surface area contributed by atoms with Crippen LogP contribution in [-0.4, -0.2) is 14.8 Å². The van der Waals surface area contributed by atoms with Crippen LogP contribution in [0.4, 0.5) is 22.0 Å². The van der Waals surface area contributed by atoms with Crippen molar-refractivity contribution in [3.63, 3.8) is 0 Å². The molecule has 0 saturated carbocycles. The Morgan fingerprint density at radius 2 is 0.615 bits per heavy atom. The van der Waals surface area contributed by atoms with Crippen LogP contribution in [0.1, 0.15) is 0 Å². The van der Waals surface area contributed by atoms with Gasteiger partial charge in [0, 0.05) is 0 Å². The summed E-state index contributed by atoms with van der Waals surface area (Å²) in [6.07, 6.45) is 0. The standard InChI is InChI=1S/C2Cl2F4.CCl3F/c3-1(5,6)2(4,7)8;2-1(3,4)5. The topological polar surface area (TPSA) is 0 Å². The molecular weight excluding hydrogens is 308 g/mol. The van der Waals surface area contributed by atoms with Gasteiger partial charge in [-0.05, 0) is 58.0 Å². The van der Waals surface area contributed by atoms with Crippen molar-refractivity contribution in [3.05, 3.63) is 0 Å². The molecule has 0 rings (SSSR count). The van der Waals surface area contributed by atoms with Gasteiger partial charge in [-0.25, -0.2) is 0 Å². The van der Waals surface area contributed by atoms with Crippen molar-refractivity contribution in [2.24, 2.45) is 0 Å². The van der Waals surface area contributed by atoms with Gasteiger partial charge in [0.25, 0.3) is 0 Å². The van der Waals surface area contributed by atoms with Crippen LogP contribution in [-0.2, 0) is 0 Å². The molecule has 0 radical (unpaired) electrons. The summed E-state index contributed by atoms with van der Waals surface area (Å²) < 4.78 is 52.9. The molecule has 0 N–H and O–H groups in total. The Bertz CT molecular complexity index is 124. The summed E-state index contributed by atoms with van der Waals surface area (Å²) in [6.45, 7) is 0. The minimum atomic E-state index is -4.66. The smallest absolute Gasteiger partial charge is 0.189 e.